The molecule has 1 aliphatic heterocycles. The van der Waals surface area contributed by atoms with Crippen LogP contribution in [0.3, 0.4) is 0 Å². The third kappa shape index (κ3) is 1.57. The first-order valence-electron chi connectivity index (χ1n) is 4.60. The summed E-state index contributed by atoms with van der Waals surface area (Å²) in [4.78, 5) is 0. The maximum absolute atomic E-state index is 12.9. The van der Waals surface area contributed by atoms with Crippen LogP contribution in [0, 0.1) is 11.6 Å². The summed E-state index contributed by atoms with van der Waals surface area (Å²) in [5.41, 5.74) is 0.446. The van der Waals surface area contributed by atoms with Crippen LogP contribution in [0.1, 0.15) is 24.4 Å². The molecule has 1 aromatic carbocycles. The standard InChI is InChI=1S/C10H11F2NO/c11-7-4-6(9-2-1-3-13-9)10(14)5-8(7)12/h4-5,9,13-14H,1-3H2/t9-/m0/s1. The van der Waals surface area contributed by atoms with Gasteiger partial charge in [-0.15, -0.1) is 0 Å². The Hall–Kier alpha value is -1.16. The van der Waals surface area contributed by atoms with Crippen molar-refractivity contribution in [2.45, 2.75) is 18.9 Å². The summed E-state index contributed by atoms with van der Waals surface area (Å²) < 4.78 is 25.6. The predicted molar refractivity (Wildman–Crippen MR) is 48.0 cm³/mol. The fourth-order valence-electron chi connectivity index (χ4n) is 1.78. The quantitative estimate of drug-likeness (QED) is 0.725. The van der Waals surface area contributed by atoms with Gasteiger partial charge < -0.3 is 10.4 Å². The molecule has 0 unspecified atom stereocenters. The molecule has 1 fully saturated rings. The molecule has 0 bridgehead atoms. The normalized spacial score (nSPS) is 21.4. The average Bonchev–Trinajstić information content (AvgIpc) is 2.64. The highest BCUT2D eigenvalue weighted by Crippen LogP contribution is 2.31. The van der Waals surface area contributed by atoms with E-state index in [2.05, 4.69) is 5.32 Å². The largest absolute Gasteiger partial charge is 0.507 e. The van der Waals surface area contributed by atoms with Crippen molar-refractivity contribution in [3.05, 3.63) is 29.3 Å². The average molecular weight is 199 g/mol. The van der Waals surface area contributed by atoms with E-state index in [1.54, 1.807) is 0 Å². The molecule has 0 spiro atoms. The smallest absolute Gasteiger partial charge is 0.162 e. The van der Waals surface area contributed by atoms with Crippen LogP contribution >= 0.6 is 0 Å². The molecule has 2 rings (SSSR count). The molecule has 0 amide bonds. The molecule has 0 aliphatic carbocycles. The lowest BCUT2D eigenvalue weighted by molar-refractivity contribution is 0.437. The highest BCUT2D eigenvalue weighted by atomic mass is 19.2. The van der Waals surface area contributed by atoms with Crippen molar-refractivity contribution in [1.82, 2.24) is 5.32 Å². The second kappa shape index (κ2) is 3.53. The van der Waals surface area contributed by atoms with E-state index in [1.165, 1.54) is 0 Å². The fraction of sp³-hybridized carbons (Fsp3) is 0.400. The van der Waals surface area contributed by atoms with E-state index >= 15 is 0 Å². The number of rotatable bonds is 1. The molecule has 2 N–H and O–H groups in total. The zero-order valence-electron chi connectivity index (χ0n) is 7.56. The molecule has 2 nitrogen and oxygen atoms in total. The van der Waals surface area contributed by atoms with Crippen molar-refractivity contribution in [2.75, 3.05) is 6.54 Å². The molecule has 1 atom stereocenters. The maximum Gasteiger partial charge on any atom is 0.162 e. The number of phenols is 1. The van der Waals surface area contributed by atoms with Gasteiger partial charge in [0, 0.05) is 17.7 Å². The summed E-state index contributed by atoms with van der Waals surface area (Å²) in [5.74, 6) is -2.10. The van der Waals surface area contributed by atoms with Crippen LogP contribution in [0.4, 0.5) is 8.78 Å². The first-order chi connectivity index (χ1) is 6.68. The van der Waals surface area contributed by atoms with Crippen molar-refractivity contribution in [2.24, 2.45) is 0 Å². The van der Waals surface area contributed by atoms with Crippen LogP contribution in [-0.4, -0.2) is 11.7 Å². The third-order valence-corrected chi connectivity index (χ3v) is 2.51. The number of phenolic OH excluding ortho intramolecular Hbond substituents is 1. The summed E-state index contributed by atoms with van der Waals surface area (Å²) in [7, 11) is 0. The summed E-state index contributed by atoms with van der Waals surface area (Å²) in [5, 5.41) is 12.5. The minimum Gasteiger partial charge on any atom is -0.507 e. The van der Waals surface area contributed by atoms with Crippen molar-refractivity contribution < 1.29 is 13.9 Å². The van der Waals surface area contributed by atoms with E-state index in [9.17, 15) is 13.9 Å². The molecular formula is C10H11F2NO. The van der Waals surface area contributed by atoms with Gasteiger partial charge in [-0.05, 0) is 25.5 Å². The second-order valence-corrected chi connectivity index (χ2v) is 3.47. The summed E-state index contributed by atoms with van der Waals surface area (Å²) in [6.07, 6.45) is 1.84. The number of nitrogens with one attached hydrogen (secondary N) is 1. The van der Waals surface area contributed by atoms with E-state index in [1.807, 2.05) is 0 Å². The summed E-state index contributed by atoms with van der Waals surface area (Å²) in [6, 6.07) is 1.84. The molecule has 0 aromatic heterocycles. The van der Waals surface area contributed by atoms with E-state index in [4.69, 9.17) is 0 Å². The van der Waals surface area contributed by atoms with Crippen LogP contribution in [0.15, 0.2) is 12.1 Å². The van der Waals surface area contributed by atoms with Crippen LogP contribution in [0.5, 0.6) is 5.75 Å². The van der Waals surface area contributed by atoms with Crippen molar-refractivity contribution in [1.29, 1.82) is 0 Å². The van der Waals surface area contributed by atoms with Gasteiger partial charge in [0.25, 0.3) is 0 Å². The van der Waals surface area contributed by atoms with Crippen LogP contribution in [0.2, 0.25) is 0 Å². The third-order valence-electron chi connectivity index (χ3n) is 2.51. The number of hydrogen-bond acceptors (Lipinski definition) is 2. The Morgan fingerprint density at radius 1 is 1.29 bits per heavy atom. The van der Waals surface area contributed by atoms with Gasteiger partial charge in [-0.25, -0.2) is 8.78 Å². The number of hydrogen-bond donors (Lipinski definition) is 2. The lowest BCUT2D eigenvalue weighted by atomic mass is 10.0. The lowest BCUT2D eigenvalue weighted by Crippen LogP contribution is -2.13. The van der Waals surface area contributed by atoms with Crippen LogP contribution in [0.25, 0.3) is 0 Å². The molecular weight excluding hydrogens is 188 g/mol. The molecule has 0 saturated carbocycles. The SMILES string of the molecule is Oc1cc(F)c(F)cc1[C@@H]1CCCN1. The van der Waals surface area contributed by atoms with Gasteiger partial charge in [-0.3, -0.25) is 0 Å². The molecule has 1 aliphatic rings. The maximum atomic E-state index is 12.9. The Labute approximate surface area is 80.6 Å². The minimum absolute atomic E-state index is 0.0508. The summed E-state index contributed by atoms with van der Waals surface area (Å²) in [6.45, 7) is 0.850. The van der Waals surface area contributed by atoms with Crippen LogP contribution in [-0.2, 0) is 0 Å². The molecule has 4 heteroatoms. The Bertz CT molecular complexity index is 348. The van der Waals surface area contributed by atoms with E-state index in [0.717, 1.165) is 31.5 Å². The molecule has 1 saturated heterocycles. The topological polar surface area (TPSA) is 32.3 Å². The van der Waals surface area contributed by atoms with Gasteiger partial charge in [0.05, 0.1) is 0 Å². The fourth-order valence-corrected chi connectivity index (χ4v) is 1.78. The van der Waals surface area contributed by atoms with Crippen LogP contribution < -0.4 is 5.32 Å². The molecule has 1 aromatic rings. The number of aromatic hydroxyl groups is 1. The van der Waals surface area contributed by atoms with Crippen molar-refractivity contribution in [3.63, 3.8) is 0 Å². The van der Waals surface area contributed by atoms with E-state index < -0.39 is 11.6 Å². The highest BCUT2D eigenvalue weighted by molar-refractivity contribution is 5.36. The van der Waals surface area contributed by atoms with E-state index in [0.29, 0.717) is 5.56 Å². The van der Waals surface area contributed by atoms with Gasteiger partial charge in [0.1, 0.15) is 5.75 Å². The first-order valence-corrected chi connectivity index (χ1v) is 4.60. The van der Waals surface area contributed by atoms with E-state index in [-0.39, 0.29) is 11.8 Å². The number of benzene rings is 1. The molecule has 1 heterocycles. The van der Waals surface area contributed by atoms with Gasteiger partial charge in [-0.2, -0.15) is 0 Å². The molecule has 76 valence electrons. The summed E-state index contributed by atoms with van der Waals surface area (Å²) >= 11 is 0. The minimum atomic E-state index is -1.01. The van der Waals surface area contributed by atoms with Crippen molar-refractivity contribution >= 4 is 0 Å². The predicted octanol–water partition coefficient (Wildman–Crippen LogP) is 2.09. The molecule has 14 heavy (non-hydrogen) atoms. The van der Waals surface area contributed by atoms with Gasteiger partial charge in [-0.1, -0.05) is 0 Å². The second-order valence-electron chi connectivity index (χ2n) is 3.47. The Morgan fingerprint density at radius 3 is 2.64 bits per heavy atom. The van der Waals surface area contributed by atoms with Crippen molar-refractivity contribution in [3.8, 4) is 5.75 Å². The first kappa shape index (κ1) is 9.40. The molecule has 0 radical (unpaired) electrons. The zero-order valence-corrected chi connectivity index (χ0v) is 7.56. The highest BCUT2D eigenvalue weighted by Gasteiger charge is 2.21. The monoisotopic (exact) mass is 199 g/mol. The van der Waals surface area contributed by atoms with Gasteiger partial charge >= 0.3 is 0 Å². The van der Waals surface area contributed by atoms with Gasteiger partial charge in [0.15, 0.2) is 11.6 Å². The Morgan fingerprint density at radius 2 is 2.00 bits per heavy atom. The lowest BCUT2D eigenvalue weighted by Gasteiger charge is -2.12. The van der Waals surface area contributed by atoms with Gasteiger partial charge in [0.2, 0.25) is 0 Å². The number of halogens is 2. The Balaban J connectivity index is 2.37. The Kier molecular flexibility index (Phi) is 2.37. The zero-order chi connectivity index (χ0) is 10.1.